The minimum Gasteiger partial charge on any atom is -0.321 e. The first-order chi connectivity index (χ1) is 12.6. The molecule has 0 saturated carbocycles. The summed E-state index contributed by atoms with van der Waals surface area (Å²) >= 11 is 11.1. The molecule has 4 rings (SSSR count). The van der Waals surface area contributed by atoms with Crippen molar-refractivity contribution in [3.8, 4) is 10.6 Å². The average molecular weight is 444 g/mol. The molecule has 1 heterocycles. The molecule has 0 aliphatic carbocycles. The van der Waals surface area contributed by atoms with E-state index in [0.717, 1.165) is 25.3 Å². The van der Waals surface area contributed by atoms with Gasteiger partial charge in [0.05, 0.1) is 15.9 Å². The van der Waals surface area contributed by atoms with E-state index in [-0.39, 0.29) is 5.91 Å². The summed E-state index contributed by atoms with van der Waals surface area (Å²) in [5.74, 6) is -0.211. The van der Waals surface area contributed by atoms with Crippen LogP contribution in [0.25, 0.3) is 20.8 Å². The van der Waals surface area contributed by atoms with Crippen LogP contribution in [0.1, 0.15) is 10.4 Å². The van der Waals surface area contributed by atoms with Crippen LogP contribution in [0.3, 0.4) is 0 Å². The van der Waals surface area contributed by atoms with Gasteiger partial charge in [-0.1, -0.05) is 45.7 Å². The quantitative estimate of drug-likeness (QED) is 0.386. The zero-order valence-corrected chi connectivity index (χ0v) is 16.5. The van der Waals surface area contributed by atoms with Crippen molar-refractivity contribution < 1.29 is 4.79 Å². The number of aromatic nitrogens is 1. The van der Waals surface area contributed by atoms with Crippen molar-refractivity contribution in [3.63, 3.8) is 0 Å². The molecule has 1 amide bonds. The molecular formula is C20H12BrClN2OS. The Kier molecular flexibility index (Phi) is 4.76. The number of nitrogens with zero attached hydrogens (tertiary/aromatic N) is 1. The Bertz CT molecular complexity index is 1090. The van der Waals surface area contributed by atoms with Gasteiger partial charge in [0.25, 0.3) is 5.91 Å². The predicted octanol–water partition coefficient (Wildman–Crippen LogP) is 6.63. The fourth-order valence-electron chi connectivity index (χ4n) is 2.61. The van der Waals surface area contributed by atoms with Gasteiger partial charge < -0.3 is 5.32 Å². The van der Waals surface area contributed by atoms with Crippen LogP contribution in [0.15, 0.2) is 71.2 Å². The lowest BCUT2D eigenvalue weighted by atomic mass is 10.1. The molecule has 1 N–H and O–H groups in total. The highest BCUT2D eigenvalue weighted by Crippen LogP contribution is 2.36. The molecule has 0 fully saturated rings. The molecular weight excluding hydrogens is 432 g/mol. The first kappa shape index (κ1) is 17.2. The van der Waals surface area contributed by atoms with Crippen molar-refractivity contribution in [2.45, 2.75) is 0 Å². The lowest BCUT2D eigenvalue weighted by molar-refractivity contribution is 0.102. The lowest BCUT2D eigenvalue weighted by Gasteiger charge is -2.10. The van der Waals surface area contributed by atoms with E-state index in [2.05, 4.69) is 21.2 Å². The molecule has 4 aromatic rings. The number of fused-ring (bicyclic) bond motifs is 1. The number of benzene rings is 3. The monoisotopic (exact) mass is 442 g/mol. The number of carbonyl (C=O) groups is 1. The summed E-state index contributed by atoms with van der Waals surface area (Å²) in [6, 6.07) is 20.6. The van der Waals surface area contributed by atoms with Gasteiger partial charge in [0.1, 0.15) is 5.01 Å². The van der Waals surface area contributed by atoms with Crippen molar-refractivity contribution in [1.82, 2.24) is 4.98 Å². The third kappa shape index (κ3) is 3.51. The smallest absolute Gasteiger partial charge is 0.255 e. The summed E-state index contributed by atoms with van der Waals surface area (Å²) < 4.78 is 2.03. The van der Waals surface area contributed by atoms with Gasteiger partial charge >= 0.3 is 0 Å². The number of amides is 1. The van der Waals surface area contributed by atoms with Crippen LogP contribution in [-0.4, -0.2) is 10.9 Å². The minimum atomic E-state index is -0.211. The SMILES string of the molecule is O=C(Nc1ccc(Br)cc1-c1nc2ccccc2s1)c1cccc(Cl)c1. The predicted molar refractivity (Wildman–Crippen MR) is 112 cm³/mol. The van der Waals surface area contributed by atoms with Crippen molar-refractivity contribution in [1.29, 1.82) is 0 Å². The summed E-state index contributed by atoms with van der Waals surface area (Å²) in [6.45, 7) is 0. The number of thiazole rings is 1. The topological polar surface area (TPSA) is 42.0 Å². The fourth-order valence-corrected chi connectivity index (χ4v) is 4.16. The van der Waals surface area contributed by atoms with Crippen LogP contribution >= 0.6 is 38.9 Å². The Hall–Kier alpha value is -2.21. The van der Waals surface area contributed by atoms with Gasteiger partial charge in [-0.2, -0.15) is 0 Å². The Morgan fingerprint density at radius 3 is 2.69 bits per heavy atom. The number of nitrogens with one attached hydrogen (secondary N) is 1. The molecule has 0 unspecified atom stereocenters. The number of hydrogen-bond donors (Lipinski definition) is 1. The number of carbonyl (C=O) groups excluding carboxylic acids is 1. The number of para-hydroxylation sites is 1. The maximum Gasteiger partial charge on any atom is 0.255 e. The van der Waals surface area contributed by atoms with Crippen LogP contribution in [0.5, 0.6) is 0 Å². The average Bonchev–Trinajstić information content (AvgIpc) is 3.07. The molecule has 26 heavy (non-hydrogen) atoms. The highest BCUT2D eigenvalue weighted by atomic mass is 79.9. The van der Waals surface area contributed by atoms with Crippen LogP contribution in [-0.2, 0) is 0 Å². The molecule has 0 bridgehead atoms. The molecule has 128 valence electrons. The molecule has 3 nitrogen and oxygen atoms in total. The summed E-state index contributed by atoms with van der Waals surface area (Å²) in [6.07, 6.45) is 0. The van der Waals surface area contributed by atoms with Gasteiger partial charge in [-0.15, -0.1) is 11.3 Å². The highest BCUT2D eigenvalue weighted by molar-refractivity contribution is 9.10. The first-order valence-corrected chi connectivity index (χ1v) is 9.81. The molecule has 6 heteroatoms. The molecule has 0 atom stereocenters. The van der Waals surface area contributed by atoms with Gasteiger partial charge in [-0.05, 0) is 48.5 Å². The number of anilines is 1. The Labute approximate surface area is 167 Å². The normalized spacial score (nSPS) is 10.8. The van der Waals surface area contributed by atoms with Crippen molar-refractivity contribution in [3.05, 3.63) is 81.8 Å². The van der Waals surface area contributed by atoms with Crippen molar-refractivity contribution in [2.75, 3.05) is 5.32 Å². The van der Waals surface area contributed by atoms with Crippen LogP contribution in [0.2, 0.25) is 5.02 Å². The summed E-state index contributed by atoms with van der Waals surface area (Å²) in [5.41, 5.74) is 3.03. The van der Waals surface area contributed by atoms with E-state index in [1.807, 2.05) is 42.5 Å². The van der Waals surface area contributed by atoms with Crippen molar-refractivity contribution in [2.24, 2.45) is 0 Å². The first-order valence-electron chi connectivity index (χ1n) is 7.82. The van der Waals surface area contributed by atoms with E-state index in [9.17, 15) is 4.79 Å². The molecule has 0 aliphatic rings. The minimum absolute atomic E-state index is 0.211. The van der Waals surface area contributed by atoms with Gasteiger partial charge in [-0.3, -0.25) is 4.79 Å². The molecule has 0 saturated heterocycles. The fraction of sp³-hybridized carbons (Fsp3) is 0. The summed E-state index contributed by atoms with van der Waals surface area (Å²) in [5, 5.41) is 4.36. The van der Waals surface area contributed by atoms with E-state index in [1.54, 1.807) is 35.6 Å². The summed E-state index contributed by atoms with van der Waals surface area (Å²) in [4.78, 5) is 17.3. The lowest BCUT2D eigenvalue weighted by Crippen LogP contribution is -2.12. The van der Waals surface area contributed by atoms with Crippen LogP contribution in [0, 0.1) is 0 Å². The third-order valence-electron chi connectivity index (χ3n) is 3.84. The highest BCUT2D eigenvalue weighted by Gasteiger charge is 2.14. The van der Waals surface area contributed by atoms with Crippen molar-refractivity contribution >= 4 is 60.7 Å². The largest absolute Gasteiger partial charge is 0.321 e. The number of rotatable bonds is 3. The van der Waals surface area contributed by atoms with E-state index in [4.69, 9.17) is 16.6 Å². The Morgan fingerprint density at radius 2 is 1.88 bits per heavy atom. The Balaban J connectivity index is 1.74. The van der Waals surface area contributed by atoms with Gasteiger partial charge in [0, 0.05) is 20.6 Å². The molecule has 0 radical (unpaired) electrons. The maximum atomic E-state index is 12.6. The second-order valence-corrected chi connectivity index (χ2v) is 8.02. The third-order valence-corrected chi connectivity index (χ3v) is 5.64. The number of hydrogen-bond acceptors (Lipinski definition) is 3. The molecule has 3 aromatic carbocycles. The standard InChI is InChI=1S/C20H12BrClN2OS/c21-13-8-9-16(23-19(25)12-4-3-5-14(22)10-12)15(11-13)20-24-17-6-1-2-7-18(17)26-20/h1-11H,(H,23,25). The van der Waals surface area contributed by atoms with Crippen LogP contribution in [0.4, 0.5) is 5.69 Å². The molecule has 1 aromatic heterocycles. The second-order valence-electron chi connectivity index (χ2n) is 5.64. The van der Waals surface area contributed by atoms with E-state index < -0.39 is 0 Å². The maximum absolute atomic E-state index is 12.6. The molecule has 0 spiro atoms. The van der Waals surface area contributed by atoms with Crippen LogP contribution < -0.4 is 5.32 Å². The second kappa shape index (κ2) is 7.19. The zero-order valence-electron chi connectivity index (χ0n) is 13.4. The van der Waals surface area contributed by atoms with Gasteiger partial charge in [0.2, 0.25) is 0 Å². The Morgan fingerprint density at radius 1 is 1.04 bits per heavy atom. The zero-order chi connectivity index (χ0) is 18.1. The summed E-state index contributed by atoms with van der Waals surface area (Å²) in [7, 11) is 0. The van der Waals surface area contributed by atoms with E-state index >= 15 is 0 Å². The van der Waals surface area contributed by atoms with E-state index in [1.165, 1.54) is 0 Å². The molecule has 0 aliphatic heterocycles. The van der Waals surface area contributed by atoms with Gasteiger partial charge in [-0.25, -0.2) is 4.98 Å². The van der Waals surface area contributed by atoms with Gasteiger partial charge in [0.15, 0.2) is 0 Å². The number of halogens is 2. The van der Waals surface area contributed by atoms with E-state index in [0.29, 0.717) is 16.3 Å².